The molecule has 1 aromatic heterocycles. The van der Waals surface area contributed by atoms with Crippen molar-refractivity contribution in [1.82, 2.24) is 14.9 Å². The van der Waals surface area contributed by atoms with E-state index in [4.69, 9.17) is 9.47 Å². The van der Waals surface area contributed by atoms with E-state index in [0.29, 0.717) is 36.8 Å². The van der Waals surface area contributed by atoms with E-state index in [1.807, 2.05) is 59.5 Å². The molecule has 2 aromatic carbocycles. The van der Waals surface area contributed by atoms with Crippen LogP contribution in [0.2, 0.25) is 0 Å². The molecule has 7 heteroatoms. The van der Waals surface area contributed by atoms with Gasteiger partial charge in [0.2, 0.25) is 5.88 Å². The van der Waals surface area contributed by atoms with Crippen molar-refractivity contribution in [1.29, 1.82) is 0 Å². The molecular weight excluding hydrogens is 380 g/mol. The fraction of sp³-hybridized carbons (Fsp3) is 0.261. The monoisotopic (exact) mass is 404 g/mol. The maximum Gasteiger partial charge on any atom is 0.254 e. The first kappa shape index (κ1) is 19.7. The van der Waals surface area contributed by atoms with E-state index < -0.39 is 0 Å². The van der Waals surface area contributed by atoms with E-state index >= 15 is 0 Å². The molecule has 7 nitrogen and oxygen atoms in total. The van der Waals surface area contributed by atoms with Crippen LogP contribution in [0.1, 0.15) is 17.3 Å². The van der Waals surface area contributed by atoms with Crippen LogP contribution in [0.15, 0.2) is 67.0 Å². The van der Waals surface area contributed by atoms with E-state index in [9.17, 15) is 4.79 Å². The molecule has 0 bridgehead atoms. The van der Waals surface area contributed by atoms with Crippen molar-refractivity contribution in [3.05, 3.63) is 72.6 Å². The van der Waals surface area contributed by atoms with Crippen molar-refractivity contribution in [2.75, 3.05) is 31.6 Å². The Kier molecular flexibility index (Phi) is 5.79. The molecular formula is C23H24N4O3. The molecule has 0 N–H and O–H groups in total. The van der Waals surface area contributed by atoms with Crippen LogP contribution in [0.25, 0.3) is 0 Å². The molecule has 4 rings (SSSR count). The van der Waals surface area contributed by atoms with Crippen LogP contribution in [0, 0.1) is 0 Å². The predicted molar refractivity (Wildman–Crippen MR) is 114 cm³/mol. The van der Waals surface area contributed by atoms with Crippen LogP contribution >= 0.6 is 0 Å². The van der Waals surface area contributed by atoms with Crippen molar-refractivity contribution < 1.29 is 14.3 Å². The highest BCUT2D eigenvalue weighted by atomic mass is 16.5. The lowest BCUT2D eigenvalue weighted by atomic mass is 10.1. The second kappa shape index (κ2) is 8.82. The molecule has 1 fully saturated rings. The molecule has 1 aliphatic rings. The van der Waals surface area contributed by atoms with Gasteiger partial charge in [0.15, 0.2) is 0 Å². The highest BCUT2D eigenvalue weighted by Crippen LogP contribution is 2.26. The van der Waals surface area contributed by atoms with Gasteiger partial charge in [-0.15, -0.1) is 0 Å². The van der Waals surface area contributed by atoms with Gasteiger partial charge in [-0.25, -0.2) is 9.97 Å². The number of rotatable bonds is 5. The van der Waals surface area contributed by atoms with Crippen molar-refractivity contribution in [3.8, 4) is 17.4 Å². The molecule has 30 heavy (non-hydrogen) atoms. The van der Waals surface area contributed by atoms with E-state index in [0.717, 1.165) is 11.6 Å². The third-order valence-corrected chi connectivity index (χ3v) is 5.12. The van der Waals surface area contributed by atoms with Gasteiger partial charge in [0.1, 0.15) is 23.6 Å². The topological polar surface area (TPSA) is 67.8 Å². The van der Waals surface area contributed by atoms with E-state index in [-0.39, 0.29) is 11.9 Å². The number of amides is 1. The van der Waals surface area contributed by atoms with Crippen molar-refractivity contribution >= 4 is 11.7 Å². The molecule has 154 valence electrons. The first-order chi connectivity index (χ1) is 14.6. The van der Waals surface area contributed by atoms with E-state index in [1.54, 1.807) is 13.2 Å². The quantitative estimate of drug-likeness (QED) is 0.647. The molecule has 0 saturated carbocycles. The Bertz CT molecular complexity index is 1010. The molecule has 0 radical (unpaired) electrons. The Hall–Kier alpha value is -3.61. The number of carbonyl (C=O) groups is 1. The minimum atomic E-state index is 0.0594. The Morgan fingerprint density at radius 3 is 2.57 bits per heavy atom. The summed E-state index contributed by atoms with van der Waals surface area (Å²) in [5.41, 5.74) is 0.716. The summed E-state index contributed by atoms with van der Waals surface area (Å²) in [5.74, 6) is 2.66. The number of carbonyl (C=O) groups excluding carboxylic acids is 1. The number of hydrogen-bond donors (Lipinski definition) is 0. The minimum Gasteiger partial charge on any atom is -0.497 e. The first-order valence-electron chi connectivity index (χ1n) is 9.89. The van der Waals surface area contributed by atoms with Gasteiger partial charge in [-0.3, -0.25) is 4.79 Å². The van der Waals surface area contributed by atoms with Gasteiger partial charge >= 0.3 is 0 Å². The SMILES string of the molecule is COc1cccc(Oc2cc(N3CCN(C(=O)c4ccccc4)[C@H](C)C3)ncn2)c1. The van der Waals surface area contributed by atoms with Crippen molar-refractivity contribution in [2.45, 2.75) is 13.0 Å². The van der Waals surface area contributed by atoms with E-state index in [2.05, 4.69) is 21.8 Å². The second-order valence-electron chi connectivity index (χ2n) is 7.16. The third kappa shape index (κ3) is 4.35. The number of piperazine rings is 1. The van der Waals surface area contributed by atoms with Gasteiger partial charge in [0.25, 0.3) is 5.91 Å². The van der Waals surface area contributed by atoms with Gasteiger partial charge in [0, 0.05) is 43.4 Å². The number of methoxy groups -OCH3 is 1. The smallest absolute Gasteiger partial charge is 0.254 e. The Labute approximate surface area is 175 Å². The summed E-state index contributed by atoms with van der Waals surface area (Å²) in [6.45, 7) is 4.07. The number of ether oxygens (including phenoxy) is 2. The zero-order chi connectivity index (χ0) is 20.9. The minimum absolute atomic E-state index is 0.0594. The van der Waals surface area contributed by atoms with Crippen molar-refractivity contribution in [2.24, 2.45) is 0 Å². The normalized spacial score (nSPS) is 16.3. The Morgan fingerprint density at radius 2 is 1.80 bits per heavy atom. The zero-order valence-corrected chi connectivity index (χ0v) is 17.1. The summed E-state index contributed by atoms with van der Waals surface area (Å²) in [6, 6.07) is 18.7. The molecule has 0 aliphatic carbocycles. The van der Waals surface area contributed by atoms with Crippen LogP contribution in [-0.4, -0.2) is 53.6 Å². The Morgan fingerprint density at radius 1 is 1.00 bits per heavy atom. The van der Waals surface area contributed by atoms with Gasteiger partial charge in [-0.1, -0.05) is 24.3 Å². The summed E-state index contributed by atoms with van der Waals surface area (Å²) in [6.07, 6.45) is 1.50. The fourth-order valence-corrected chi connectivity index (χ4v) is 3.56. The zero-order valence-electron chi connectivity index (χ0n) is 17.1. The summed E-state index contributed by atoms with van der Waals surface area (Å²) in [7, 11) is 1.62. The lowest BCUT2D eigenvalue weighted by Gasteiger charge is -2.40. The molecule has 2 heterocycles. The van der Waals surface area contributed by atoms with E-state index in [1.165, 1.54) is 6.33 Å². The lowest BCUT2D eigenvalue weighted by Crippen LogP contribution is -2.54. The maximum absolute atomic E-state index is 12.8. The molecule has 1 aliphatic heterocycles. The van der Waals surface area contributed by atoms with Crippen LogP contribution < -0.4 is 14.4 Å². The van der Waals surface area contributed by atoms with Gasteiger partial charge in [-0.05, 0) is 31.2 Å². The molecule has 0 unspecified atom stereocenters. The average molecular weight is 404 g/mol. The lowest BCUT2D eigenvalue weighted by molar-refractivity contribution is 0.0673. The number of aromatic nitrogens is 2. The molecule has 1 atom stereocenters. The number of nitrogens with zero attached hydrogens (tertiary/aromatic N) is 4. The first-order valence-corrected chi connectivity index (χ1v) is 9.89. The summed E-state index contributed by atoms with van der Waals surface area (Å²) in [5, 5.41) is 0. The van der Waals surface area contributed by atoms with Crippen molar-refractivity contribution in [3.63, 3.8) is 0 Å². The van der Waals surface area contributed by atoms with Gasteiger partial charge < -0.3 is 19.3 Å². The molecule has 0 spiro atoms. The molecule has 1 saturated heterocycles. The third-order valence-electron chi connectivity index (χ3n) is 5.12. The maximum atomic E-state index is 12.8. The standard InChI is InChI=1S/C23H24N4O3/c1-17-15-26(11-12-27(17)23(28)18-7-4-3-5-8-18)21-14-22(25-16-24-21)30-20-10-6-9-19(13-20)29-2/h3-10,13-14,16-17H,11-12,15H2,1-2H3/t17-/m1/s1. The van der Waals surface area contributed by atoms with Crippen LogP contribution in [0.5, 0.6) is 17.4 Å². The van der Waals surface area contributed by atoms with Gasteiger partial charge in [-0.2, -0.15) is 0 Å². The largest absolute Gasteiger partial charge is 0.497 e. The van der Waals surface area contributed by atoms with Crippen LogP contribution in [-0.2, 0) is 0 Å². The van der Waals surface area contributed by atoms with Crippen LogP contribution in [0.4, 0.5) is 5.82 Å². The Balaban J connectivity index is 1.44. The number of benzene rings is 2. The highest BCUT2D eigenvalue weighted by molar-refractivity contribution is 5.94. The number of hydrogen-bond acceptors (Lipinski definition) is 6. The fourth-order valence-electron chi connectivity index (χ4n) is 3.56. The second-order valence-corrected chi connectivity index (χ2v) is 7.16. The molecule has 1 amide bonds. The summed E-state index contributed by atoms with van der Waals surface area (Å²) >= 11 is 0. The summed E-state index contributed by atoms with van der Waals surface area (Å²) < 4.78 is 11.1. The average Bonchev–Trinajstić information content (AvgIpc) is 2.79. The molecule has 3 aromatic rings. The van der Waals surface area contributed by atoms with Gasteiger partial charge in [0.05, 0.1) is 7.11 Å². The van der Waals surface area contributed by atoms with Crippen LogP contribution in [0.3, 0.4) is 0 Å². The highest BCUT2D eigenvalue weighted by Gasteiger charge is 2.28. The summed E-state index contributed by atoms with van der Waals surface area (Å²) in [4.78, 5) is 25.5. The predicted octanol–water partition coefficient (Wildman–Crippen LogP) is 3.63. The number of anilines is 1.